The SMILES string of the molecule is CC(C)C(NC(=O)c1ccco1)C(=O)NCCc1cccc(F)c1. The van der Waals surface area contributed by atoms with Crippen molar-refractivity contribution in [3.05, 3.63) is 59.8 Å². The lowest BCUT2D eigenvalue weighted by atomic mass is 10.0. The van der Waals surface area contributed by atoms with E-state index >= 15 is 0 Å². The van der Waals surface area contributed by atoms with Crippen LogP contribution in [0.4, 0.5) is 4.39 Å². The van der Waals surface area contributed by atoms with Gasteiger partial charge in [0.2, 0.25) is 5.91 Å². The number of hydrogen-bond donors (Lipinski definition) is 2. The maximum atomic E-state index is 13.1. The highest BCUT2D eigenvalue weighted by Gasteiger charge is 2.25. The first-order chi connectivity index (χ1) is 11.5. The molecule has 2 rings (SSSR count). The van der Waals surface area contributed by atoms with Crippen molar-refractivity contribution in [2.45, 2.75) is 26.3 Å². The molecule has 0 radical (unpaired) electrons. The van der Waals surface area contributed by atoms with Gasteiger partial charge in [-0.1, -0.05) is 26.0 Å². The Morgan fingerprint density at radius 1 is 1.21 bits per heavy atom. The molecule has 0 aliphatic heterocycles. The first kappa shape index (κ1) is 17.7. The predicted octanol–water partition coefficient (Wildman–Crippen LogP) is 2.53. The molecule has 128 valence electrons. The van der Waals surface area contributed by atoms with Crippen LogP contribution in [0, 0.1) is 11.7 Å². The number of benzene rings is 1. The Kier molecular flexibility index (Phi) is 6.12. The Morgan fingerprint density at radius 2 is 2.00 bits per heavy atom. The van der Waals surface area contributed by atoms with E-state index in [0.717, 1.165) is 5.56 Å². The number of carbonyl (C=O) groups excluding carboxylic acids is 2. The minimum Gasteiger partial charge on any atom is -0.459 e. The molecule has 6 heteroatoms. The van der Waals surface area contributed by atoms with Crippen LogP contribution in [0.5, 0.6) is 0 Å². The maximum Gasteiger partial charge on any atom is 0.287 e. The molecule has 0 aliphatic carbocycles. The minimum absolute atomic E-state index is 0.0851. The molecule has 0 fully saturated rings. The molecule has 2 amide bonds. The van der Waals surface area contributed by atoms with Gasteiger partial charge in [-0.2, -0.15) is 0 Å². The number of carbonyl (C=O) groups is 2. The summed E-state index contributed by atoms with van der Waals surface area (Å²) >= 11 is 0. The highest BCUT2D eigenvalue weighted by atomic mass is 19.1. The van der Waals surface area contributed by atoms with Crippen LogP contribution in [-0.4, -0.2) is 24.4 Å². The first-order valence-corrected chi connectivity index (χ1v) is 7.84. The van der Waals surface area contributed by atoms with Crippen molar-refractivity contribution >= 4 is 11.8 Å². The van der Waals surface area contributed by atoms with Crippen LogP contribution in [0.3, 0.4) is 0 Å². The lowest BCUT2D eigenvalue weighted by Crippen LogP contribution is -2.50. The number of amides is 2. The van der Waals surface area contributed by atoms with Crippen LogP contribution in [0.15, 0.2) is 47.1 Å². The van der Waals surface area contributed by atoms with Crippen LogP contribution in [0.2, 0.25) is 0 Å². The fourth-order valence-electron chi connectivity index (χ4n) is 2.29. The van der Waals surface area contributed by atoms with E-state index in [1.54, 1.807) is 18.2 Å². The van der Waals surface area contributed by atoms with E-state index in [1.807, 2.05) is 13.8 Å². The van der Waals surface area contributed by atoms with Gasteiger partial charge in [-0.25, -0.2) is 4.39 Å². The summed E-state index contributed by atoms with van der Waals surface area (Å²) in [6.07, 6.45) is 1.92. The van der Waals surface area contributed by atoms with Crippen LogP contribution in [0.25, 0.3) is 0 Å². The topological polar surface area (TPSA) is 71.3 Å². The van der Waals surface area contributed by atoms with E-state index < -0.39 is 11.9 Å². The Bertz CT molecular complexity index is 683. The summed E-state index contributed by atoms with van der Waals surface area (Å²) in [6, 6.07) is 8.72. The summed E-state index contributed by atoms with van der Waals surface area (Å²) in [6.45, 7) is 4.06. The van der Waals surface area contributed by atoms with Crippen LogP contribution < -0.4 is 10.6 Å². The molecule has 2 aromatic rings. The zero-order valence-electron chi connectivity index (χ0n) is 13.7. The third kappa shape index (κ3) is 4.94. The average molecular weight is 332 g/mol. The lowest BCUT2D eigenvalue weighted by molar-refractivity contribution is -0.123. The fourth-order valence-corrected chi connectivity index (χ4v) is 2.29. The van der Waals surface area contributed by atoms with Gasteiger partial charge in [-0.3, -0.25) is 9.59 Å². The van der Waals surface area contributed by atoms with Crippen molar-refractivity contribution in [3.8, 4) is 0 Å². The van der Waals surface area contributed by atoms with Crippen LogP contribution in [-0.2, 0) is 11.2 Å². The van der Waals surface area contributed by atoms with E-state index in [1.165, 1.54) is 24.5 Å². The van der Waals surface area contributed by atoms with Crippen LogP contribution >= 0.6 is 0 Å². The van der Waals surface area contributed by atoms with Gasteiger partial charge in [0.25, 0.3) is 5.91 Å². The molecule has 1 atom stereocenters. The van der Waals surface area contributed by atoms with E-state index in [0.29, 0.717) is 13.0 Å². The number of rotatable bonds is 7. The van der Waals surface area contributed by atoms with Gasteiger partial charge in [-0.05, 0) is 42.2 Å². The van der Waals surface area contributed by atoms with Gasteiger partial charge >= 0.3 is 0 Å². The highest BCUT2D eigenvalue weighted by molar-refractivity contribution is 5.95. The molecule has 2 N–H and O–H groups in total. The number of nitrogens with one attached hydrogen (secondary N) is 2. The molecule has 24 heavy (non-hydrogen) atoms. The largest absolute Gasteiger partial charge is 0.459 e. The molecular weight excluding hydrogens is 311 g/mol. The molecule has 1 aromatic carbocycles. The Labute approximate surface area is 140 Å². The van der Waals surface area contributed by atoms with Gasteiger partial charge in [0, 0.05) is 6.54 Å². The summed E-state index contributed by atoms with van der Waals surface area (Å²) in [4.78, 5) is 24.3. The molecule has 5 nitrogen and oxygen atoms in total. The molecule has 0 bridgehead atoms. The maximum absolute atomic E-state index is 13.1. The first-order valence-electron chi connectivity index (χ1n) is 7.84. The zero-order valence-corrected chi connectivity index (χ0v) is 13.7. The smallest absolute Gasteiger partial charge is 0.287 e. The Balaban J connectivity index is 1.88. The van der Waals surface area contributed by atoms with Crippen molar-refractivity contribution < 1.29 is 18.4 Å². The number of furan rings is 1. The molecule has 1 aromatic heterocycles. The number of hydrogen-bond acceptors (Lipinski definition) is 3. The molecule has 1 heterocycles. The highest BCUT2D eigenvalue weighted by Crippen LogP contribution is 2.07. The van der Waals surface area contributed by atoms with Crippen molar-refractivity contribution in [1.82, 2.24) is 10.6 Å². The summed E-state index contributed by atoms with van der Waals surface area (Å²) < 4.78 is 18.1. The Hall–Kier alpha value is -2.63. The van der Waals surface area contributed by atoms with Crippen LogP contribution in [0.1, 0.15) is 30.0 Å². The summed E-state index contributed by atoms with van der Waals surface area (Å²) in [5, 5.41) is 5.45. The van der Waals surface area contributed by atoms with Gasteiger partial charge in [0.05, 0.1) is 6.26 Å². The molecular formula is C18H21FN2O3. The van der Waals surface area contributed by atoms with Gasteiger partial charge in [-0.15, -0.1) is 0 Å². The van der Waals surface area contributed by atoms with Crippen molar-refractivity contribution in [3.63, 3.8) is 0 Å². The Morgan fingerprint density at radius 3 is 2.62 bits per heavy atom. The molecule has 0 aliphatic rings. The lowest BCUT2D eigenvalue weighted by Gasteiger charge is -2.21. The normalized spacial score (nSPS) is 12.0. The van der Waals surface area contributed by atoms with E-state index in [-0.39, 0.29) is 23.4 Å². The van der Waals surface area contributed by atoms with Gasteiger partial charge in [0.15, 0.2) is 5.76 Å². The standard InChI is InChI=1S/C18H21FN2O3/c1-12(2)16(21-17(22)15-7-4-10-24-15)18(23)20-9-8-13-5-3-6-14(19)11-13/h3-7,10-12,16H,8-9H2,1-2H3,(H,20,23)(H,21,22). The molecule has 1 unspecified atom stereocenters. The molecule has 0 saturated carbocycles. The van der Waals surface area contributed by atoms with Crippen molar-refractivity contribution in [2.24, 2.45) is 5.92 Å². The van der Waals surface area contributed by atoms with E-state index in [9.17, 15) is 14.0 Å². The second kappa shape index (κ2) is 8.29. The second-order valence-electron chi connectivity index (χ2n) is 5.84. The van der Waals surface area contributed by atoms with Gasteiger partial charge < -0.3 is 15.1 Å². The average Bonchev–Trinajstić information content (AvgIpc) is 3.06. The van der Waals surface area contributed by atoms with Crippen molar-refractivity contribution in [1.29, 1.82) is 0 Å². The van der Waals surface area contributed by atoms with E-state index in [4.69, 9.17) is 4.42 Å². The summed E-state index contributed by atoms with van der Waals surface area (Å²) in [7, 11) is 0. The summed E-state index contributed by atoms with van der Waals surface area (Å²) in [5.41, 5.74) is 0.802. The monoisotopic (exact) mass is 332 g/mol. The second-order valence-corrected chi connectivity index (χ2v) is 5.84. The predicted molar refractivity (Wildman–Crippen MR) is 87.9 cm³/mol. The minimum atomic E-state index is -0.671. The quantitative estimate of drug-likeness (QED) is 0.818. The molecule has 0 saturated heterocycles. The zero-order chi connectivity index (χ0) is 17.5. The van der Waals surface area contributed by atoms with Crippen molar-refractivity contribution in [2.75, 3.05) is 6.54 Å². The number of halogens is 1. The molecule has 0 spiro atoms. The third-order valence-electron chi connectivity index (χ3n) is 3.58. The van der Waals surface area contributed by atoms with Gasteiger partial charge in [0.1, 0.15) is 11.9 Å². The van der Waals surface area contributed by atoms with E-state index in [2.05, 4.69) is 10.6 Å². The third-order valence-corrected chi connectivity index (χ3v) is 3.58. The summed E-state index contributed by atoms with van der Waals surface area (Å²) in [5.74, 6) is -0.934. The fraction of sp³-hybridized carbons (Fsp3) is 0.333.